The van der Waals surface area contributed by atoms with Gasteiger partial charge in [-0.2, -0.15) is 0 Å². The number of hydrogen-bond donors (Lipinski definition) is 7. The topological polar surface area (TPSA) is 189 Å². The summed E-state index contributed by atoms with van der Waals surface area (Å²) in [6.07, 6.45) is -6.88. The van der Waals surface area contributed by atoms with Gasteiger partial charge in [-0.25, -0.2) is 0 Å². The molecule has 0 aromatic carbocycles. The van der Waals surface area contributed by atoms with Crippen LogP contribution < -0.4 is 5.32 Å². The molecule has 3 aliphatic heterocycles. The van der Waals surface area contributed by atoms with Gasteiger partial charge in [-0.1, -0.05) is 27.4 Å². The fraction of sp³-hybridized carbons (Fsp3) is 0.946. The van der Waals surface area contributed by atoms with Crippen molar-refractivity contribution in [3.05, 3.63) is 12.2 Å². The molecule has 3 saturated heterocycles. The van der Waals surface area contributed by atoms with Crippen LogP contribution in [-0.4, -0.2) is 135 Å². The van der Waals surface area contributed by atoms with Gasteiger partial charge in [0, 0.05) is 37.0 Å². The normalized spacial score (nSPS) is 50.7. The van der Waals surface area contributed by atoms with E-state index < -0.39 is 83.8 Å². The first kappa shape index (κ1) is 43.6. The Labute approximate surface area is 299 Å². The fourth-order valence-electron chi connectivity index (χ4n) is 8.36. The van der Waals surface area contributed by atoms with Crippen LogP contribution in [-0.2, 0) is 28.4 Å². The van der Waals surface area contributed by atoms with Gasteiger partial charge in [0.2, 0.25) is 0 Å². The molecule has 7 N–H and O–H groups in total. The van der Waals surface area contributed by atoms with E-state index >= 15 is 0 Å². The van der Waals surface area contributed by atoms with E-state index in [2.05, 4.69) is 11.9 Å². The third-order valence-corrected chi connectivity index (χ3v) is 11.7. The molecule has 3 aliphatic rings. The van der Waals surface area contributed by atoms with Crippen LogP contribution in [0.4, 0.5) is 0 Å². The van der Waals surface area contributed by atoms with Crippen LogP contribution in [0.2, 0.25) is 0 Å². The third kappa shape index (κ3) is 9.65. The molecular weight excluding hydrogens is 650 g/mol. The molecule has 0 bridgehead atoms. The van der Waals surface area contributed by atoms with Crippen molar-refractivity contribution in [3.8, 4) is 0 Å². The molecule has 0 amide bonds. The fourth-order valence-corrected chi connectivity index (χ4v) is 8.36. The van der Waals surface area contributed by atoms with Crippen molar-refractivity contribution in [3.63, 3.8) is 0 Å². The molecule has 0 spiro atoms. The van der Waals surface area contributed by atoms with E-state index in [9.17, 15) is 30.6 Å². The Bertz CT molecular complexity index is 1090. The predicted molar refractivity (Wildman–Crippen MR) is 187 cm³/mol. The maximum Gasteiger partial charge on any atom is 0.192 e. The molecule has 13 nitrogen and oxygen atoms in total. The number of nitrogens with one attached hydrogen (secondary N) is 1. The highest BCUT2D eigenvalue weighted by molar-refractivity contribution is 5.12. The summed E-state index contributed by atoms with van der Waals surface area (Å²) < 4.78 is 37.9. The van der Waals surface area contributed by atoms with E-state index in [1.807, 2.05) is 34.6 Å². The molecule has 0 aromatic heterocycles. The standard InChI is InChI=1S/C37H69NO12/c1-13-28-36(10,44)31(41)24(6)38-18-20(2)16-34(8,43)32(50-37(11)27(40)15-14-21(3)49-37)22(4)30(23(5)33(42)47-28)48-29-17-35(9,45-12)26(19-39)25(7)46-29/h20-22,24-33,38-44H,5,13-19H2,1-4,6-12H3/t20-,21-,22+,24-,25+,26?,27-,28-,29+,30+,31-,32-,33?,34-,35-,36-,37?/m1/s1. The summed E-state index contributed by atoms with van der Waals surface area (Å²) in [5.41, 5.74) is -4.07. The number of aliphatic hydroxyl groups is 6. The maximum absolute atomic E-state index is 12.4. The number of hydrogen-bond acceptors (Lipinski definition) is 13. The van der Waals surface area contributed by atoms with Crippen LogP contribution in [0.15, 0.2) is 12.2 Å². The third-order valence-electron chi connectivity index (χ3n) is 11.7. The van der Waals surface area contributed by atoms with E-state index in [4.69, 9.17) is 28.4 Å². The first-order valence-corrected chi connectivity index (χ1v) is 18.5. The van der Waals surface area contributed by atoms with Crippen LogP contribution >= 0.6 is 0 Å². The van der Waals surface area contributed by atoms with Crippen LogP contribution in [0.1, 0.15) is 101 Å². The van der Waals surface area contributed by atoms with Crippen molar-refractivity contribution in [1.82, 2.24) is 5.32 Å². The van der Waals surface area contributed by atoms with Crippen molar-refractivity contribution in [2.24, 2.45) is 17.8 Å². The highest BCUT2D eigenvalue weighted by Gasteiger charge is 2.53. The molecular formula is C37H69NO12. The molecule has 50 heavy (non-hydrogen) atoms. The van der Waals surface area contributed by atoms with Gasteiger partial charge in [0.15, 0.2) is 18.4 Å². The summed E-state index contributed by atoms with van der Waals surface area (Å²) in [5.74, 6) is -2.73. The van der Waals surface area contributed by atoms with Crippen LogP contribution in [0, 0.1) is 17.8 Å². The van der Waals surface area contributed by atoms with Crippen molar-refractivity contribution < 1.29 is 59.1 Å². The molecule has 0 saturated carbocycles. The quantitative estimate of drug-likeness (QED) is 0.190. The van der Waals surface area contributed by atoms with Gasteiger partial charge >= 0.3 is 0 Å². The largest absolute Gasteiger partial charge is 0.396 e. The zero-order chi connectivity index (χ0) is 38.0. The summed E-state index contributed by atoms with van der Waals surface area (Å²) in [7, 11) is 1.57. The van der Waals surface area contributed by atoms with Gasteiger partial charge in [-0.05, 0) is 86.6 Å². The Kier molecular flexibility index (Phi) is 14.9. The molecule has 0 aliphatic carbocycles. The van der Waals surface area contributed by atoms with Crippen molar-refractivity contribution >= 4 is 0 Å². The summed E-state index contributed by atoms with van der Waals surface area (Å²) in [4.78, 5) is 0. The lowest BCUT2D eigenvalue weighted by Gasteiger charge is -2.50. The Morgan fingerprint density at radius 3 is 2.18 bits per heavy atom. The zero-order valence-electron chi connectivity index (χ0n) is 32.3. The van der Waals surface area contributed by atoms with E-state index in [1.165, 1.54) is 6.92 Å². The molecule has 294 valence electrons. The second-order valence-corrected chi connectivity index (χ2v) is 16.3. The summed E-state index contributed by atoms with van der Waals surface area (Å²) >= 11 is 0. The van der Waals surface area contributed by atoms with E-state index in [-0.39, 0.29) is 49.4 Å². The summed E-state index contributed by atoms with van der Waals surface area (Å²) in [6.45, 7) is 22.2. The number of rotatable bonds is 7. The average molecular weight is 720 g/mol. The highest BCUT2D eigenvalue weighted by atomic mass is 16.7. The maximum atomic E-state index is 12.4. The number of aliphatic hydroxyl groups excluding tert-OH is 4. The summed E-state index contributed by atoms with van der Waals surface area (Å²) in [6, 6.07) is -0.572. The van der Waals surface area contributed by atoms with E-state index in [0.717, 1.165) is 0 Å². The van der Waals surface area contributed by atoms with E-state index in [0.29, 0.717) is 19.4 Å². The predicted octanol–water partition coefficient (Wildman–Crippen LogP) is 2.37. The SMILES string of the molecule is C=C1C(O)O[C@H](CC)[C@@](C)(O)[C@H](O)[C@@H](C)NC[C@H](C)C[C@@](C)(O)[C@H](OC2(C)O[C@H](C)CC[C@H]2O)[C@@H](C)[C@@H]1O[C@H]1C[C@@](C)(OC)C(CO)[C@H](C)O1. The molecule has 3 rings (SSSR count). The first-order chi connectivity index (χ1) is 23.1. The molecule has 17 atom stereocenters. The van der Waals surface area contributed by atoms with Crippen molar-refractivity contribution in [2.75, 3.05) is 20.3 Å². The minimum atomic E-state index is -1.77. The molecule has 3 unspecified atom stereocenters. The second-order valence-electron chi connectivity index (χ2n) is 16.3. The van der Waals surface area contributed by atoms with Crippen LogP contribution in [0.3, 0.4) is 0 Å². The number of methoxy groups -OCH3 is 1. The Balaban J connectivity index is 2.16. The Morgan fingerprint density at radius 1 is 0.960 bits per heavy atom. The van der Waals surface area contributed by atoms with Crippen LogP contribution in [0.25, 0.3) is 0 Å². The van der Waals surface area contributed by atoms with Crippen molar-refractivity contribution in [2.45, 2.75) is 185 Å². The zero-order valence-corrected chi connectivity index (χ0v) is 32.3. The lowest BCUT2D eigenvalue weighted by molar-refractivity contribution is -0.351. The minimum absolute atomic E-state index is 0.0722. The van der Waals surface area contributed by atoms with Gasteiger partial charge < -0.3 is 64.4 Å². The molecule has 3 fully saturated rings. The number of ether oxygens (including phenoxy) is 6. The molecule has 3 heterocycles. The van der Waals surface area contributed by atoms with Gasteiger partial charge in [-0.15, -0.1) is 0 Å². The van der Waals surface area contributed by atoms with Crippen LogP contribution in [0.5, 0.6) is 0 Å². The second kappa shape index (κ2) is 17.1. The van der Waals surface area contributed by atoms with E-state index in [1.54, 1.807) is 34.8 Å². The molecule has 13 heteroatoms. The summed E-state index contributed by atoms with van der Waals surface area (Å²) in [5, 5.41) is 71.6. The van der Waals surface area contributed by atoms with Gasteiger partial charge in [-0.3, -0.25) is 0 Å². The smallest absolute Gasteiger partial charge is 0.192 e. The molecule has 0 aromatic rings. The lowest BCUT2D eigenvalue weighted by atomic mass is 9.78. The Hall–Kier alpha value is -0.780. The van der Waals surface area contributed by atoms with Gasteiger partial charge in [0.05, 0.1) is 54.4 Å². The average Bonchev–Trinajstić information content (AvgIpc) is 3.03. The Morgan fingerprint density at radius 2 is 1.60 bits per heavy atom. The first-order valence-electron chi connectivity index (χ1n) is 18.5. The highest BCUT2D eigenvalue weighted by Crippen LogP contribution is 2.42. The molecule has 0 radical (unpaired) electrons. The minimum Gasteiger partial charge on any atom is -0.396 e. The monoisotopic (exact) mass is 719 g/mol. The van der Waals surface area contributed by atoms with Gasteiger partial charge in [0.1, 0.15) is 11.7 Å². The van der Waals surface area contributed by atoms with Crippen molar-refractivity contribution in [1.29, 1.82) is 0 Å². The lowest BCUT2D eigenvalue weighted by Crippen LogP contribution is -2.60. The van der Waals surface area contributed by atoms with Gasteiger partial charge in [0.25, 0.3) is 0 Å².